The van der Waals surface area contributed by atoms with E-state index >= 15 is 0 Å². The molecule has 5 heteroatoms. The largest absolute Gasteiger partial charge is 0.509 e. The fourth-order valence-corrected chi connectivity index (χ4v) is 1.62. The van der Waals surface area contributed by atoms with Crippen molar-refractivity contribution in [1.82, 2.24) is 4.83 Å². The van der Waals surface area contributed by atoms with Crippen molar-refractivity contribution in [1.29, 1.82) is 0 Å². The maximum Gasteiger partial charge on any atom is 0.108 e. The lowest BCUT2D eigenvalue weighted by Gasteiger charge is -2.11. The molecule has 0 aromatic heterocycles. The second-order valence-corrected chi connectivity index (χ2v) is 5.51. The molecule has 96 valence electrons. The first-order valence-electron chi connectivity index (χ1n) is 5.27. The number of halogens is 1. The zero-order valence-electron chi connectivity index (χ0n) is 10.2. The summed E-state index contributed by atoms with van der Waals surface area (Å²) in [6, 6.07) is 0. The lowest BCUT2D eigenvalue weighted by Crippen LogP contribution is -2.03. The van der Waals surface area contributed by atoms with Crippen LogP contribution in [0.1, 0.15) is 26.7 Å². The van der Waals surface area contributed by atoms with E-state index in [4.69, 9.17) is 5.11 Å². The van der Waals surface area contributed by atoms with Crippen LogP contribution in [0.4, 0.5) is 0 Å². The summed E-state index contributed by atoms with van der Waals surface area (Å²) in [5.74, 6) is 0.419. The van der Waals surface area contributed by atoms with Gasteiger partial charge in [0.1, 0.15) is 5.76 Å². The number of nitrogens with zero attached hydrogens (tertiary/aromatic N) is 1. The summed E-state index contributed by atoms with van der Waals surface area (Å²) >= 11 is 2.13. The van der Waals surface area contributed by atoms with E-state index in [1.54, 1.807) is 12.2 Å². The van der Waals surface area contributed by atoms with Gasteiger partial charge in [-0.3, -0.25) is 0 Å². The van der Waals surface area contributed by atoms with Gasteiger partial charge in [-0.15, -0.1) is 0 Å². The standard InChI is InChI=1S/C12H19IN2OS/c1-9(10(2)6-8-12(4)16)5-7-11(3)14-15-17-13/h6,8-9,15-16H,2,4-5,7H2,1,3H3/b8-6-,14-11-. The number of hydrogen-bond acceptors (Lipinski definition) is 4. The average molecular weight is 366 g/mol. The van der Waals surface area contributed by atoms with Gasteiger partial charge in [0.25, 0.3) is 0 Å². The summed E-state index contributed by atoms with van der Waals surface area (Å²) in [6.45, 7) is 11.5. The second kappa shape index (κ2) is 9.58. The highest BCUT2D eigenvalue weighted by atomic mass is 127. The Labute approximate surface area is 120 Å². The van der Waals surface area contributed by atoms with Crippen LogP contribution >= 0.6 is 30.3 Å². The van der Waals surface area contributed by atoms with E-state index in [0.29, 0.717) is 5.92 Å². The van der Waals surface area contributed by atoms with Gasteiger partial charge in [-0.2, -0.15) is 5.10 Å². The Morgan fingerprint density at radius 3 is 2.71 bits per heavy atom. The molecular weight excluding hydrogens is 347 g/mol. The van der Waals surface area contributed by atoms with Crippen molar-refractivity contribution in [3.8, 4) is 0 Å². The maximum absolute atomic E-state index is 8.95. The highest BCUT2D eigenvalue weighted by Gasteiger charge is 2.05. The molecule has 0 saturated heterocycles. The van der Waals surface area contributed by atoms with Gasteiger partial charge >= 0.3 is 0 Å². The number of nitrogens with one attached hydrogen (secondary N) is 1. The van der Waals surface area contributed by atoms with E-state index in [9.17, 15) is 0 Å². The van der Waals surface area contributed by atoms with Crippen LogP contribution in [0.25, 0.3) is 0 Å². The Morgan fingerprint density at radius 2 is 2.18 bits per heavy atom. The van der Waals surface area contributed by atoms with Gasteiger partial charge in [0.05, 0.1) is 0 Å². The SMILES string of the molecule is C=C(O)/C=C\C(=C)C(C)CC/C(C)=N\NSI. The molecule has 0 saturated carbocycles. The van der Waals surface area contributed by atoms with Crippen LogP contribution in [0, 0.1) is 5.92 Å². The van der Waals surface area contributed by atoms with Crippen molar-refractivity contribution in [2.45, 2.75) is 26.7 Å². The molecule has 0 fully saturated rings. The average Bonchev–Trinajstić information content (AvgIpc) is 2.29. The van der Waals surface area contributed by atoms with Crippen molar-refractivity contribution in [3.63, 3.8) is 0 Å². The molecule has 3 nitrogen and oxygen atoms in total. The van der Waals surface area contributed by atoms with Crippen LogP contribution in [-0.4, -0.2) is 10.8 Å². The Hall–Kier alpha value is -0.430. The van der Waals surface area contributed by atoms with Crippen LogP contribution < -0.4 is 4.83 Å². The van der Waals surface area contributed by atoms with E-state index < -0.39 is 0 Å². The van der Waals surface area contributed by atoms with Crippen molar-refractivity contribution >= 4 is 36.0 Å². The highest BCUT2D eigenvalue weighted by molar-refractivity contribution is 14.2. The van der Waals surface area contributed by atoms with Gasteiger partial charge < -0.3 is 5.11 Å². The number of rotatable bonds is 8. The molecule has 0 spiro atoms. The van der Waals surface area contributed by atoms with Crippen LogP contribution in [0.3, 0.4) is 0 Å². The molecule has 17 heavy (non-hydrogen) atoms. The molecule has 2 N–H and O–H groups in total. The molecule has 0 amide bonds. The van der Waals surface area contributed by atoms with Crippen LogP contribution in [0.5, 0.6) is 0 Å². The lowest BCUT2D eigenvalue weighted by molar-refractivity contribution is 0.435. The predicted molar refractivity (Wildman–Crippen MR) is 86.3 cm³/mol. The monoisotopic (exact) mass is 366 g/mol. The topological polar surface area (TPSA) is 44.6 Å². The van der Waals surface area contributed by atoms with E-state index in [1.165, 1.54) is 9.12 Å². The first-order chi connectivity index (χ1) is 7.97. The number of hydrogen-bond donors (Lipinski definition) is 2. The van der Waals surface area contributed by atoms with Crippen LogP contribution in [0.15, 0.2) is 41.7 Å². The van der Waals surface area contributed by atoms with E-state index in [2.05, 4.69) is 51.2 Å². The van der Waals surface area contributed by atoms with Gasteiger partial charge in [-0.05, 0) is 31.8 Å². The third kappa shape index (κ3) is 9.29. The zero-order chi connectivity index (χ0) is 13.3. The quantitative estimate of drug-likeness (QED) is 0.165. The molecule has 0 heterocycles. The first-order valence-corrected chi connectivity index (χ1v) is 8.63. The summed E-state index contributed by atoms with van der Waals surface area (Å²) in [5, 5.41) is 13.1. The summed E-state index contributed by atoms with van der Waals surface area (Å²) in [7, 11) is 1.45. The molecule has 0 radical (unpaired) electrons. The summed E-state index contributed by atoms with van der Waals surface area (Å²) in [6.07, 6.45) is 5.29. The first kappa shape index (κ1) is 16.6. The minimum Gasteiger partial charge on any atom is -0.509 e. The Bertz CT molecular complexity index is 326. The van der Waals surface area contributed by atoms with E-state index in [0.717, 1.165) is 24.1 Å². The number of hydrazone groups is 1. The fourth-order valence-electron chi connectivity index (χ4n) is 1.13. The minimum atomic E-state index is 0.0550. The Morgan fingerprint density at radius 1 is 1.53 bits per heavy atom. The molecule has 1 unspecified atom stereocenters. The third-order valence-electron chi connectivity index (χ3n) is 2.33. The number of aliphatic hydroxyl groups is 1. The molecular formula is C12H19IN2OS. The Balaban J connectivity index is 4.05. The molecule has 0 aromatic rings. The summed E-state index contributed by atoms with van der Waals surface area (Å²) in [5.41, 5.74) is 2.06. The van der Waals surface area contributed by atoms with Crippen molar-refractivity contribution in [3.05, 3.63) is 36.6 Å². The van der Waals surface area contributed by atoms with E-state index in [1.807, 2.05) is 6.92 Å². The van der Waals surface area contributed by atoms with E-state index in [-0.39, 0.29) is 5.76 Å². The highest BCUT2D eigenvalue weighted by Crippen LogP contribution is 2.17. The zero-order valence-corrected chi connectivity index (χ0v) is 13.2. The van der Waals surface area contributed by atoms with Gasteiger partial charge in [0, 0.05) is 36.0 Å². The molecule has 0 aromatic carbocycles. The second-order valence-electron chi connectivity index (χ2n) is 3.85. The van der Waals surface area contributed by atoms with Crippen molar-refractivity contribution < 1.29 is 5.11 Å². The maximum atomic E-state index is 8.95. The lowest BCUT2D eigenvalue weighted by atomic mass is 9.96. The smallest absolute Gasteiger partial charge is 0.108 e. The summed E-state index contributed by atoms with van der Waals surface area (Å²) in [4.78, 5) is 2.85. The van der Waals surface area contributed by atoms with Crippen LogP contribution in [-0.2, 0) is 0 Å². The van der Waals surface area contributed by atoms with Gasteiger partial charge in [0.2, 0.25) is 0 Å². The number of aliphatic hydroxyl groups excluding tert-OH is 1. The van der Waals surface area contributed by atoms with Crippen molar-refractivity contribution in [2.75, 3.05) is 0 Å². The minimum absolute atomic E-state index is 0.0550. The third-order valence-corrected chi connectivity index (χ3v) is 3.08. The molecule has 0 bridgehead atoms. The molecule has 0 aliphatic rings. The fraction of sp³-hybridized carbons (Fsp3) is 0.417. The molecule has 1 atom stereocenters. The Kier molecular flexibility index (Phi) is 9.34. The predicted octanol–water partition coefficient (Wildman–Crippen LogP) is 4.55. The van der Waals surface area contributed by atoms with Crippen LogP contribution in [0.2, 0.25) is 0 Å². The van der Waals surface area contributed by atoms with Gasteiger partial charge in [-0.1, -0.05) is 31.7 Å². The number of allylic oxidation sites excluding steroid dienone is 3. The van der Waals surface area contributed by atoms with Gasteiger partial charge in [0.15, 0.2) is 0 Å². The molecule has 0 aliphatic carbocycles. The normalized spacial score (nSPS) is 13.7. The summed E-state index contributed by atoms with van der Waals surface area (Å²) < 4.78 is 0. The van der Waals surface area contributed by atoms with Crippen molar-refractivity contribution in [2.24, 2.45) is 11.0 Å². The molecule has 0 aliphatic heterocycles. The van der Waals surface area contributed by atoms with Gasteiger partial charge in [-0.25, -0.2) is 4.83 Å². The molecule has 0 rings (SSSR count).